The van der Waals surface area contributed by atoms with Crippen LogP contribution in [0, 0.1) is 6.92 Å². The zero-order valence-electron chi connectivity index (χ0n) is 18.5. The van der Waals surface area contributed by atoms with Crippen molar-refractivity contribution in [3.8, 4) is 5.75 Å². The van der Waals surface area contributed by atoms with Crippen molar-refractivity contribution < 1.29 is 13.9 Å². The molecule has 0 fully saturated rings. The molecule has 5 heteroatoms. The first-order chi connectivity index (χ1) is 16.1. The molecule has 0 saturated carbocycles. The maximum atomic E-state index is 12.4. The molecule has 4 aromatic rings. The fourth-order valence-corrected chi connectivity index (χ4v) is 3.80. The van der Waals surface area contributed by atoms with Crippen molar-refractivity contribution in [2.45, 2.75) is 32.9 Å². The summed E-state index contributed by atoms with van der Waals surface area (Å²) < 4.78 is 12.1. The van der Waals surface area contributed by atoms with Crippen LogP contribution >= 0.6 is 11.6 Å². The molecule has 4 nitrogen and oxygen atoms in total. The zero-order chi connectivity index (χ0) is 23.0. The largest absolute Gasteiger partial charge is 0.489 e. The summed E-state index contributed by atoms with van der Waals surface area (Å²) in [6.07, 6.45) is 0.725. The average Bonchev–Trinajstić information content (AvgIpc) is 3.17. The van der Waals surface area contributed by atoms with Crippen LogP contribution in [-0.4, -0.2) is 5.91 Å². The number of carbonyl (C=O) groups excluding carboxylic acids is 1. The van der Waals surface area contributed by atoms with E-state index < -0.39 is 0 Å². The molecule has 0 bridgehead atoms. The summed E-state index contributed by atoms with van der Waals surface area (Å²) in [5.41, 5.74) is 4.09. The van der Waals surface area contributed by atoms with E-state index in [9.17, 15) is 4.79 Å². The number of nitrogens with one attached hydrogen (secondary N) is 1. The maximum absolute atomic E-state index is 12.4. The summed E-state index contributed by atoms with van der Waals surface area (Å²) >= 11 is 6.26. The Kier molecular flexibility index (Phi) is 7.48. The maximum Gasteiger partial charge on any atom is 0.227 e. The summed E-state index contributed by atoms with van der Waals surface area (Å²) in [6.45, 7) is 2.95. The Morgan fingerprint density at radius 3 is 2.36 bits per heavy atom. The molecule has 168 valence electrons. The average molecular weight is 460 g/mol. The summed E-state index contributed by atoms with van der Waals surface area (Å²) in [4.78, 5) is 12.4. The normalized spacial score (nSPS) is 10.7. The standard InChI is InChI=1S/C28H26ClNO3/c1-20-14-25(17-28(31)30-18-21-8-4-2-5-9-21)33-27(20)16-23-15-24(29)12-13-26(23)32-19-22-10-6-3-7-11-22/h2-15H,16-19H2,1H3,(H,30,31). The Balaban J connectivity index is 1.41. The molecule has 0 unspecified atom stereocenters. The second-order valence-corrected chi connectivity index (χ2v) is 8.40. The molecule has 3 aromatic carbocycles. The van der Waals surface area contributed by atoms with E-state index in [1.54, 1.807) is 0 Å². The number of aryl methyl sites for hydroxylation is 1. The molecule has 4 rings (SSSR count). The highest BCUT2D eigenvalue weighted by Crippen LogP contribution is 2.28. The number of halogens is 1. The first kappa shape index (κ1) is 22.7. The van der Waals surface area contributed by atoms with Crippen LogP contribution in [0.4, 0.5) is 0 Å². The lowest BCUT2D eigenvalue weighted by Crippen LogP contribution is -2.24. The van der Waals surface area contributed by atoms with E-state index in [-0.39, 0.29) is 12.3 Å². The molecule has 1 heterocycles. The van der Waals surface area contributed by atoms with Gasteiger partial charge in [0, 0.05) is 23.6 Å². The van der Waals surface area contributed by atoms with Gasteiger partial charge in [-0.3, -0.25) is 4.79 Å². The topological polar surface area (TPSA) is 51.5 Å². The molecule has 0 aliphatic rings. The van der Waals surface area contributed by atoms with Gasteiger partial charge in [0.2, 0.25) is 5.91 Å². The van der Waals surface area contributed by atoms with E-state index in [0.717, 1.165) is 33.8 Å². The van der Waals surface area contributed by atoms with Gasteiger partial charge in [0.1, 0.15) is 23.9 Å². The fraction of sp³-hybridized carbons (Fsp3) is 0.179. The van der Waals surface area contributed by atoms with Gasteiger partial charge >= 0.3 is 0 Å². The zero-order valence-corrected chi connectivity index (χ0v) is 19.3. The summed E-state index contributed by atoms with van der Waals surface area (Å²) in [7, 11) is 0. The molecular formula is C28H26ClNO3. The Bertz CT molecular complexity index is 1200. The molecule has 1 N–H and O–H groups in total. The molecule has 0 aliphatic carbocycles. The first-order valence-corrected chi connectivity index (χ1v) is 11.3. The molecule has 33 heavy (non-hydrogen) atoms. The van der Waals surface area contributed by atoms with Crippen molar-refractivity contribution >= 4 is 17.5 Å². The summed E-state index contributed by atoms with van der Waals surface area (Å²) in [5, 5.41) is 3.58. The van der Waals surface area contributed by atoms with E-state index in [0.29, 0.717) is 30.4 Å². The predicted octanol–water partition coefficient (Wildman–Crippen LogP) is 6.27. The minimum atomic E-state index is -0.0752. The number of hydrogen-bond donors (Lipinski definition) is 1. The third kappa shape index (κ3) is 6.50. The number of amides is 1. The van der Waals surface area contributed by atoms with E-state index in [4.69, 9.17) is 20.8 Å². The van der Waals surface area contributed by atoms with Crippen molar-refractivity contribution in [3.63, 3.8) is 0 Å². The third-order valence-corrected chi connectivity index (χ3v) is 5.58. The summed E-state index contributed by atoms with van der Waals surface area (Å²) in [6, 6.07) is 27.4. The molecule has 0 radical (unpaired) electrons. The third-order valence-electron chi connectivity index (χ3n) is 5.35. The van der Waals surface area contributed by atoms with Crippen LogP contribution in [0.1, 0.15) is 33.8 Å². The molecule has 0 aliphatic heterocycles. The molecule has 1 amide bonds. The predicted molar refractivity (Wildman–Crippen MR) is 130 cm³/mol. The number of rotatable bonds is 9. The Morgan fingerprint density at radius 1 is 0.939 bits per heavy atom. The SMILES string of the molecule is Cc1cc(CC(=O)NCc2ccccc2)oc1Cc1cc(Cl)ccc1OCc1ccccc1. The van der Waals surface area contributed by atoms with Gasteiger partial charge in [-0.25, -0.2) is 0 Å². The Hall–Kier alpha value is -3.50. The molecule has 0 spiro atoms. The van der Waals surface area contributed by atoms with E-state index in [1.807, 2.05) is 91.9 Å². The molecule has 0 saturated heterocycles. The molecular weight excluding hydrogens is 434 g/mol. The van der Waals surface area contributed by atoms with Gasteiger partial charge < -0.3 is 14.5 Å². The Labute approximate surface area is 199 Å². The van der Waals surface area contributed by atoms with Gasteiger partial charge in [-0.1, -0.05) is 72.3 Å². The molecule has 0 atom stereocenters. The fourth-order valence-electron chi connectivity index (χ4n) is 3.61. The monoisotopic (exact) mass is 459 g/mol. The van der Waals surface area contributed by atoms with Crippen LogP contribution in [0.5, 0.6) is 5.75 Å². The smallest absolute Gasteiger partial charge is 0.227 e. The van der Waals surface area contributed by atoms with E-state index >= 15 is 0 Å². The number of furan rings is 1. The number of hydrogen-bond acceptors (Lipinski definition) is 3. The van der Waals surface area contributed by atoms with Gasteiger partial charge in [0.25, 0.3) is 0 Å². The number of benzene rings is 3. The lowest BCUT2D eigenvalue weighted by atomic mass is 10.1. The van der Waals surface area contributed by atoms with Gasteiger partial charge in [-0.15, -0.1) is 0 Å². The minimum absolute atomic E-state index is 0.0752. The summed E-state index contributed by atoms with van der Waals surface area (Å²) in [5.74, 6) is 2.13. The van der Waals surface area contributed by atoms with E-state index in [2.05, 4.69) is 5.32 Å². The van der Waals surface area contributed by atoms with Crippen molar-refractivity contribution in [2.24, 2.45) is 0 Å². The van der Waals surface area contributed by atoms with Crippen LogP contribution in [0.15, 0.2) is 89.3 Å². The van der Waals surface area contributed by atoms with Crippen molar-refractivity contribution in [1.29, 1.82) is 0 Å². The highest BCUT2D eigenvalue weighted by atomic mass is 35.5. The molecule has 1 aromatic heterocycles. The van der Waals surface area contributed by atoms with Crippen molar-refractivity contribution in [3.05, 3.63) is 124 Å². The van der Waals surface area contributed by atoms with Gasteiger partial charge in [0.05, 0.1) is 6.42 Å². The van der Waals surface area contributed by atoms with Crippen molar-refractivity contribution in [1.82, 2.24) is 5.32 Å². The van der Waals surface area contributed by atoms with Crippen LogP contribution in [0.2, 0.25) is 5.02 Å². The quantitative estimate of drug-likeness (QED) is 0.321. The first-order valence-electron chi connectivity index (χ1n) is 10.9. The van der Waals surface area contributed by atoms with Gasteiger partial charge in [0.15, 0.2) is 0 Å². The van der Waals surface area contributed by atoms with E-state index in [1.165, 1.54) is 0 Å². The highest BCUT2D eigenvalue weighted by molar-refractivity contribution is 6.30. The van der Waals surface area contributed by atoms with Gasteiger partial charge in [-0.05, 0) is 47.9 Å². The second-order valence-electron chi connectivity index (χ2n) is 7.96. The number of carbonyl (C=O) groups is 1. The lowest BCUT2D eigenvalue weighted by Gasteiger charge is -2.12. The van der Waals surface area contributed by atoms with Crippen molar-refractivity contribution in [2.75, 3.05) is 0 Å². The van der Waals surface area contributed by atoms with Crippen LogP contribution in [0.25, 0.3) is 0 Å². The van der Waals surface area contributed by atoms with Crippen LogP contribution in [-0.2, 0) is 30.8 Å². The lowest BCUT2D eigenvalue weighted by molar-refractivity contribution is -0.120. The van der Waals surface area contributed by atoms with Crippen LogP contribution in [0.3, 0.4) is 0 Å². The second kappa shape index (κ2) is 10.9. The van der Waals surface area contributed by atoms with Crippen LogP contribution < -0.4 is 10.1 Å². The Morgan fingerprint density at radius 2 is 1.64 bits per heavy atom. The highest BCUT2D eigenvalue weighted by Gasteiger charge is 2.15. The minimum Gasteiger partial charge on any atom is -0.489 e. The van der Waals surface area contributed by atoms with Gasteiger partial charge in [-0.2, -0.15) is 0 Å². The number of ether oxygens (including phenoxy) is 1.